The number of fused-ring (bicyclic) bond motifs is 1. The Bertz CT molecular complexity index is 568. The number of aromatic nitrogens is 1. The predicted octanol–water partition coefficient (Wildman–Crippen LogP) is -0.834. The highest BCUT2D eigenvalue weighted by atomic mass is 16.5. The third-order valence-electron chi connectivity index (χ3n) is 2.95. The molecular weight excluding hydrogens is 254 g/mol. The van der Waals surface area contributed by atoms with Crippen LogP contribution in [0.1, 0.15) is 10.5 Å². The minimum absolute atomic E-state index is 0.128. The van der Waals surface area contributed by atoms with E-state index in [1.165, 1.54) is 16.7 Å². The van der Waals surface area contributed by atoms with Gasteiger partial charge in [-0.3, -0.25) is 14.6 Å². The minimum atomic E-state index is -0.948. The monoisotopic (exact) mass is 269 g/mol. The SMILES string of the molecule is COCCN1C(=O)c2c(O)c(=O)c(O)cn2CN1C. The van der Waals surface area contributed by atoms with Gasteiger partial charge in [0, 0.05) is 14.2 Å². The number of hydrazine groups is 1. The Hall–Kier alpha value is -2.06. The Morgan fingerprint density at radius 2 is 2.05 bits per heavy atom. The molecule has 0 bridgehead atoms. The molecule has 1 aliphatic heterocycles. The third kappa shape index (κ3) is 2.15. The standard InChI is InChI=1S/C11H15N3O5/c1-12-6-13-5-7(15)9(16)10(17)8(13)11(18)14(12)3-4-19-2/h5,15,17H,3-4,6H2,1-2H3. The van der Waals surface area contributed by atoms with Crippen molar-refractivity contribution in [2.45, 2.75) is 6.67 Å². The number of ether oxygens (including phenoxy) is 1. The van der Waals surface area contributed by atoms with E-state index >= 15 is 0 Å². The van der Waals surface area contributed by atoms with Crippen LogP contribution in [-0.2, 0) is 11.4 Å². The van der Waals surface area contributed by atoms with Gasteiger partial charge < -0.3 is 19.5 Å². The average molecular weight is 269 g/mol. The van der Waals surface area contributed by atoms with Crippen molar-refractivity contribution in [2.75, 3.05) is 27.3 Å². The topological polar surface area (TPSA) is 95.2 Å². The summed E-state index contributed by atoms with van der Waals surface area (Å²) in [5, 5.41) is 22.1. The van der Waals surface area contributed by atoms with Crippen LogP contribution in [0.25, 0.3) is 0 Å². The van der Waals surface area contributed by atoms with E-state index in [-0.39, 0.29) is 12.4 Å². The maximum atomic E-state index is 12.2. The lowest BCUT2D eigenvalue weighted by atomic mass is 10.2. The molecular formula is C11H15N3O5. The quantitative estimate of drug-likeness (QED) is 0.743. The molecule has 2 heterocycles. The largest absolute Gasteiger partial charge is 0.503 e. The van der Waals surface area contributed by atoms with Crippen LogP contribution in [0.4, 0.5) is 0 Å². The molecule has 0 radical (unpaired) electrons. The summed E-state index contributed by atoms with van der Waals surface area (Å²) < 4.78 is 6.24. The van der Waals surface area contributed by atoms with Crippen molar-refractivity contribution in [1.82, 2.24) is 14.6 Å². The number of carbonyl (C=O) groups excluding carboxylic acids is 1. The molecule has 19 heavy (non-hydrogen) atoms. The Kier molecular flexibility index (Phi) is 3.45. The van der Waals surface area contributed by atoms with Gasteiger partial charge in [-0.1, -0.05) is 0 Å². The van der Waals surface area contributed by atoms with E-state index in [2.05, 4.69) is 0 Å². The Balaban J connectivity index is 2.47. The summed E-state index contributed by atoms with van der Waals surface area (Å²) in [5.41, 5.74) is -1.08. The molecule has 0 fully saturated rings. The summed E-state index contributed by atoms with van der Waals surface area (Å²) in [4.78, 5) is 23.7. The molecule has 0 saturated heterocycles. The fourth-order valence-corrected chi connectivity index (χ4v) is 2.00. The number of carbonyl (C=O) groups is 1. The summed E-state index contributed by atoms with van der Waals surface area (Å²) in [6.07, 6.45) is 1.14. The van der Waals surface area contributed by atoms with Gasteiger partial charge in [-0.2, -0.15) is 0 Å². The van der Waals surface area contributed by atoms with Crippen molar-refractivity contribution >= 4 is 5.91 Å². The molecule has 0 aliphatic carbocycles. The molecule has 2 rings (SSSR count). The smallest absolute Gasteiger partial charge is 0.288 e. The number of hydrogen-bond acceptors (Lipinski definition) is 6. The lowest BCUT2D eigenvalue weighted by Gasteiger charge is -2.37. The number of nitrogens with zero attached hydrogens (tertiary/aromatic N) is 3. The summed E-state index contributed by atoms with van der Waals surface area (Å²) in [5.74, 6) is -1.84. The van der Waals surface area contributed by atoms with Crippen LogP contribution >= 0.6 is 0 Å². The maximum Gasteiger partial charge on any atom is 0.288 e. The van der Waals surface area contributed by atoms with Gasteiger partial charge in [0.05, 0.1) is 26.0 Å². The fourth-order valence-electron chi connectivity index (χ4n) is 2.00. The van der Waals surface area contributed by atoms with Gasteiger partial charge in [0.2, 0.25) is 0 Å². The van der Waals surface area contributed by atoms with Crippen LogP contribution in [0.3, 0.4) is 0 Å². The number of methoxy groups -OCH3 is 1. The first kappa shape index (κ1) is 13.4. The summed E-state index contributed by atoms with van der Waals surface area (Å²) in [6.45, 7) is 0.867. The molecule has 2 N–H and O–H groups in total. The summed E-state index contributed by atoms with van der Waals surface area (Å²) in [7, 11) is 3.20. The molecule has 0 saturated carbocycles. The number of amides is 1. The van der Waals surface area contributed by atoms with E-state index in [1.54, 1.807) is 12.1 Å². The van der Waals surface area contributed by atoms with E-state index in [0.29, 0.717) is 13.2 Å². The third-order valence-corrected chi connectivity index (χ3v) is 2.95. The zero-order chi connectivity index (χ0) is 14.2. The predicted molar refractivity (Wildman–Crippen MR) is 64.7 cm³/mol. The van der Waals surface area contributed by atoms with Crippen LogP contribution in [0, 0.1) is 0 Å². The van der Waals surface area contributed by atoms with Crippen molar-refractivity contribution in [2.24, 2.45) is 0 Å². The molecule has 0 unspecified atom stereocenters. The van der Waals surface area contributed by atoms with Crippen molar-refractivity contribution < 1.29 is 19.7 Å². The van der Waals surface area contributed by atoms with Crippen molar-refractivity contribution in [3.05, 3.63) is 22.1 Å². The normalized spacial score (nSPS) is 15.7. The first-order valence-electron chi connectivity index (χ1n) is 5.64. The molecule has 8 heteroatoms. The molecule has 0 spiro atoms. The van der Waals surface area contributed by atoms with Crippen molar-refractivity contribution in [1.29, 1.82) is 0 Å². The summed E-state index contributed by atoms with van der Waals surface area (Å²) >= 11 is 0. The second kappa shape index (κ2) is 4.90. The van der Waals surface area contributed by atoms with E-state index in [1.807, 2.05) is 0 Å². The Labute approximate surface area is 109 Å². The van der Waals surface area contributed by atoms with Crippen LogP contribution in [0.2, 0.25) is 0 Å². The Morgan fingerprint density at radius 3 is 2.68 bits per heavy atom. The fraction of sp³-hybridized carbons (Fsp3) is 0.455. The highest BCUT2D eigenvalue weighted by molar-refractivity contribution is 5.95. The first-order chi connectivity index (χ1) is 8.97. The highest BCUT2D eigenvalue weighted by Crippen LogP contribution is 2.23. The molecule has 1 aromatic heterocycles. The van der Waals surface area contributed by atoms with Crippen molar-refractivity contribution in [3.8, 4) is 11.5 Å². The second-order valence-corrected chi connectivity index (χ2v) is 4.23. The zero-order valence-electron chi connectivity index (χ0n) is 10.7. The number of pyridine rings is 1. The number of aromatic hydroxyl groups is 2. The highest BCUT2D eigenvalue weighted by Gasteiger charge is 2.32. The van der Waals surface area contributed by atoms with E-state index in [9.17, 15) is 19.8 Å². The van der Waals surface area contributed by atoms with Gasteiger partial charge in [-0.25, -0.2) is 5.01 Å². The van der Waals surface area contributed by atoms with Gasteiger partial charge in [0.25, 0.3) is 11.3 Å². The lowest BCUT2D eigenvalue weighted by molar-refractivity contribution is -0.0361. The van der Waals surface area contributed by atoms with Crippen LogP contribution in [0.15, 0.2) is 11.0 Å². The van der Waals surface area contributed by atoms with Crippen molar-refractivity contribution in [3.63, 3.8) is 0 Å². The van der Waals surface area contributed by atoms with E-state index in [0.717, 1.165) is 6.20 Å². The molecule has 1 aromatic rings. The van der Waals surface area contributed by atoms with E-state index < -0.39 is 22.8 Å². The first-order valence-corrected chi connectivity index (χ1v) is 5.64. The maximum absolute atomic E-state index is 12.2. The van der Waals surface area contributed by atoms with Gasteiger partial charge in [-0.15, -0.1) is 0 Å². The van der Waals surface area contributed by atoms with Crippen LogP contribution in [0.5, 0.6) is 11.5 Å². The molecule has 1 aliphatic rings. The minimum Gasteiger partial charge on any atom is -0.503 e. The van der Waals surface area contributed by atoms with Crippen LogP contribution in [-0.4, -0.2) is 58.0 Å². The molecule has 1 amide bonds. The van der Waals surface area contributed by atoms with Gasteiger partial charge in [0.1, 0.15) is 0 Å². The molecule has 0 atom stereocenters. The van der Waals surface area contributed by atoms with Gasteiger partial charge >= 0.3 is 0 Å². The zero-order valence-corrected chi connectivity index (χ0v) is 10.7. The summed E-state index contributed by atoms with van der Waals surface area (Å²) in [6, 6.07) is 0. The Morgan fingerprint density at radius 1 is 1.37 bits per heavy atom. The van der Waals surface area contributed by atoms with Gasteiger partial charge in [0.15, 0.2) is 17.2 Å². The van der Waals surface area contributed by atoms with Gasteiger partial charge in [-0.05, 0) is 0 Å². The lowest BCUT2D eigenvalue weighted by Crippen LogP contribution is -2.51. The molecule has 8 nitrogen and oxygen atoms in total. The number of rotatable bonds is 3. The molecule has 0 aromatic carbocycles. The molecule has 104 valence electrons. The average Bonchev–Trinajstić information content (AvgIpc) is 2.35. The van der Waals surface area contributed by atoms with Crippen LogP contribution < -0.4 is 5.43 Å². The second-order valence-electron chi connectivity index (χ2n) is 4.23. The number of hydrogen-bond donors (Lipinski definition) is 2. The van der Waals surface area contributed by atoms with E-state index in [4.69, 9.17) is 4.74 Å².